The molecule has 1 aromatic carbocycles. The molecule has 1 aliphatic heterocycles. The largest absolute Gasteiger partial charge is 0.398 e. The van der Waals surface area contributed by atoms with Gasteiger partial charge in [-0.2, -0.15) is 0 Å². The number of anilines is 2. The Bertz CT molecular complexity index is 681. The second kappa shape index (κ2) is 4.37. The van der Waals surface area contributed by atoms with E-state index in [0.29, 0.717) is 12.2 Å². The molecule has 20 heavy (non-hydrogen) atoms. The van der Waals surface area contributed by atoms with Gasteiger partial charge in [0, 0.05) is 30.4 Å². The molecule has 0 bridgehead atoms. The molecule has 0 aliphatic carbocycles. The van der Waals surface area contributed by atoms with Gasteiger partial charge in [0.25, 0.3) is 0 Å². The molecule has 1 aromatic heterocycles. The molecule has 104 valence electrons. The van der Waals surface area contributed by atoms with Crippen molar-refractivity contribution in [1.29, 1.82) is 0 Å². The number of amides is 1. The molecule has 1 aliphatic rings. The molecule has 3 N–H and O–H groups in total. The van der Waals surface area contributed by atoms with Crippen LogP contribution in [0.5, 0.6) is 0 Å². The summed E-state index contributed by atoms with van der Waals surface area (Å²) >= 11 is 0. The Balaban J connectivity index is 2.20. The molecule has 0 atom stereocenters. The summed E-state index contributed by atoms with van der Waals surface area (Å²) in [7, 11) is 0. The molecule has 1 saturated heterocycles. The minimum atomic E-state index is -0.598. The van der Waals surface area contributed by atoms with Crippen LogP contribution in [0.1, 0.15) is 13.8 Å². The number of hydrogen-bond acceptors (Lipinski definition) is 4. The Morgan fingerprint density at radius 1 is 1.35 bits per heavy atom. The lowest BCUT2D eigenvalue weighted by Gasteiger charge is -2.43. The van der Waals surface area contributed by atoms with E-state index < -0.39 is 5.54 Å². The number of nitrogens with one attached hydrogen (secondary N) is 1. The van der Waals surface area contributed by atoms with Crippen molar-refractivity contribution in [3.8, 4) is 0 Å². The van der Waals surface area contributed by atoms with Crippen LogP contribution in [0.15, 0.2) is 30.5 Å². The van der Waals surface area contributed by atoms with Crippen molar-refractivity contribution in [1.82, 2.24) is 10.3 Å². The highest BCUT2D eigenvalue weighted by molar-refractivity contribution is 6.01. The minimum Gasteiger partial charge on any atom is -0.398 e. The third-order valence-corrected chi connectivity index (χ3v) is 3.92. The van der Waals surface area contributed by atoms with E-state index in [4.69, 9.17) is 5.73 Å². The third kappa shape index (κ3) is 1.78. The summed E-state index contributed by atoms with van der Waals surface area (Å²) in [6.07, 6.45) is 1.75. The summed E-state index contributed by atoms with van der Waals surface area (Å²) in [5, 5.41) is 3.83. The topological polar surface area (TPSA) is 71.2 Å². The van der Waals surface area contributed by atoms with Gasteiger partial charge >= 0.3 is 0 Å². The van der Waals surface area contributed by atoms with Crippen LogP contribution in [0.3, 0.4) is 0 Å². The smallest absolute Gasteiger partial charge is 0.245 e. The quantitative estimate of drug-likeness (QED) is 0.771. The SMILES string of the molecule is CC1(C)C(=O)NCCN1c1ccc(N)c2cccnc12. The fourth-order valence-electron chi connectivity index (χ4n) is 2.72. The van der Waals surface area contributed by atoms with Crippen molar-refractivity contribution >= 4 is 28.2 Å². The summed E-state index contributed by atoms with van der Waals surface area (Å²) < 4.78 is 0. The maximum Gasteiger partial charge on any atom is 0.245 e. The fourth-order valence-corrected chi connectivity index (χ4v) is 2.72. The summed E-state index contributed by atoms with van der Waals surface area (Å²) in [6, 6.07) is 7.65. The summed E-state index contributed by atoms with van der Waals surface area (Å²) in [5.41, 5.74) is 7.91. The minimum absolute atomic E-state index is 0.0321. The Labute approximate surface area is 117 Å². The standard InChI is InChI=1S/C15H18N4O/c1-15(2)14(20)18-8-9-19(15)12-6-5-11(16)10-4-3-7-17-13(10)12/h3-7H,8-9,16H2,1-2H3,(H,18,20). The predicted molar refractivity (Wildman–Crippen MR) is 80.6 cm³/mol. The van der Waals surface area contributed by atoms with Crippen molar-refractivity contribution in [2.45, 2.75) is 19.4 Å². The number of benzene rings is 1. The molecule has 1 amide bonds. The Kier molecular flexibility index (Phi) is 2.78. The number of nitrogens with zero attached hydrogens (tertiary/aromatic N) is 2. The van der Waals surface area contributed by atoms with Gasteiger partial charge in [-0.25, -0.2) is 0 Å². The van der Waals surface area contributed by atoms with Gasteiger partial charge < -0.3 is 16.0 Å². The van der Waals surface area contributed by atoms with Crippen LogP contribution in [0.4, 0.5) is 11.4 Å². The fraction of sp³-hybridized carbons (Fsp3) is 0.333. The molecule has 5 nitrogen and oxygen atoms in total. The number of nitrogens with two attached hydrogens (primary N) is 1. The number of pyridine rings is 1. The van der Waals surface area contributed by atoms with E-state index in [0.717, 1.165) is 23.1 Å². The number of hydrogen-bond donors (Lipinski definition) is 2. The van der Waals surface area contributed by atoms with Gasteiger partial charge in [-0.15, -0.1) is 0 Å². The monoisotopic (exact) mass is 270 g/mol. The van der Waals surface area contributed by atoms with E-state index in [9.17, 15) is 4.79 Å². The van der Waals surface area contributed by atoms with Crippen LogP contribution in [0.2, 0.25) is 0 Å². The van der Waals surface area contributed by atoms with E-state index in [2.05, 4.69) is 15.2 Å². The van der Waals surface area contributed by atoms with Crippen LogP contribution in [-0.2, 0) is 4.79 Å². The Hall–Kier alpha value is -2.30. The van der Waals surface area contributed by atoms with Gasteiger partial charge in [-0.1, -0.05) is 0 Å². The van der Waals surface area contributed by atoms with Crippen molar-refractivity contribution in [2.24, 2.45) is 0 Å². The lowest BCUT2D eigenvalue weighted by Crippen LogP contribution is -2.62. The van der Waals surface area contributed by atoms with Crippen molar-refractivity contribution in [3.05, 3.63) is 30.5 Å². The first kappa shape index (κ1) is 12.7. The molecule has 1 fully saturated rings. The zero-order chi connectivity index (χ0) is 14.3. The number of carbonyl (C=O) groups excluding carboxylic acids is 1. The number of carbonyl (C=O) groups is 1. The number of nitrogen functional groups attached to an aromatic ring is 1. The molecule has 0 radical (unpaired) electrons. The molecule has 5 heteroatoms. The van der Waals surface area contributed by atoms with E-state index in [1.165, 1.54) is 0 Å². The predicted octanol–water partition coefficient (Wildman–Crippen LogP) is 1.53. The first-order chi connectivity index (χ1) is 9.51. The summed E-state index contributed by atoms with van der Waals surface area (Å²) in [4.78, 5) is 18.7. The van der Waals surface area contributed by atoms with Crippen molar-refractivity contribution in [3.63, 3.8) is 0 Å². The average Bonchev–Trinajstić information content (AvgIpc) is 2.43. The average molecular weight is 270 g/mol. The van der Waals surface area contributed by atoms with Gasteiger partial charge in [-0.3, -0.25) is 9.78 Å². The lowest BCUT2D eigenvalue weighted by atomic mass is 9.97. The molecule has 0 unspecified atom stereocenters. The molecule has 0 spiro atoms. The molecule has 2 aromatic rings. The molecular weight excluding hydrogens is 252 g/mol. The third-order valence-electron chi connectivity index (χ3n) is 3.92. The van der Waals surface area contributed by atoms with Gasteiger partial charge in [0.1, 0.15) is 5.54 Å². The molecule has 3 rings (SSSR count). The second-order valence-electron chi connectivity index (χ2n) is 5.54. The van der Waals surface area contributed by atoms with Gasteiger partial charge in [-0.05, 0) is 38.1 Å². The zero-order valence-corrected chi connectivity index (χ0v) is 11.7. The van der Waals surface area contributed by atoms with E-state index >= 15 is 0 Å². The van der Waals surface area contributed by atoms with Crippen LogP contribution in [0.25, 0.3) is 10.9 Å². The van der Waals surface area contributed by atoms with Crippen LogP contribution in [-0.4, -0.2) is 29.5 Å². The number of aromatic nitrogens is 1. The van der Waals surface area contributed by atoms with E-state index in [1.807, 2.05) is 38.1 Å². The van der Waals surface area contributed by atoms with Gasteiger partial charge in [0.2, 0.25) is 5.91 Å². The van der Waals surface area contributed by atoms with Crippen molar-refractivity contribution < 1.29 is 4.79 Å². The molecule has 0 saturated carbocycles. The van der Waals surface area contributed by atoms with Crippen LogP contribution >= 0.6 is 0 Å². The Morgan fingerprint density at radius 3 is 2.95 bits per heavy atom. The van der Waals surface area contributed by atoms with Gasteiger partial charge in [0.15, 0.2) is 0 Å². The van der Waals surface area contributed by atoms with E-state index in [1.54, 1.807) is 6.20 Å². The van der Waals surface area contributed by atoms with Crippen LogP contribution in [0, 0.1) is 0 Å². The normalized spacial score (nSPS) is 18.1. The highest BCUT2D eigenvalue weighted by Crippen LogP contribution is 2.33. The number of piperazine rings is 1. The highest BCUT2D eigenvalue weighted by Gasteiger charge is 2.38. The maximum atomic E-state index is 12.1. The maximum absolute atomic E-state index is 12.1. The summed E-state index contributed by atoms with van der Waals surface area (Å²) in [5.74, 6) is 0.0321. The number of fused-ring (bicyclic) bond motifs is 1. The number of rotatable bonds is 1. The van der Waals surface area contributed by atoms with E-state index in [-0.39, 0.29) is 5.91 Å². The summed E-state index contributed by atoms with van der Waals surface area (Å²) in [6.45, 7) is 5.24. The van der Waals surface area contributed by atoms with Crippen molar-refractivity contribution in [2.75, 3.05) is 23.7 Å². The Morgan fingerprint density at radius 2 is 2.15 bits per heavy atom. The molecule has 2 heterocycles. The lowest BCUT2D eigenvalue weighted by molar-refractivity contribution is -0.126. The van der Waals surface area contributed by atoms with Crippen LogP contribution < -0.4 is 16.0 Å². The highest BCUT2D eigenvalue weighted by atomic mass is 16.2. The first-order valence-electron chi connectivity index (χ1n) is 6.71. The zero-order valence-electron chi connectivity index (χ0n) is 11.7. The second-order valence-corrected chi connectivity index (χ2v) is 5.54. The molecular formula is C15H18N4O. The first-order valence-corrected chi connectivity index (χ1v) is 6.71. The van der Waals surface area contributed by atoms with Gasteiger partial charge in [0.05, 0.1) is 11.2 Å².